The van der Waals surface area contributed by atoms with Crippen molar-refractivity contribution in [3.63, 3.8) is 0 Å². The van der Waals surface area contributed by atoms with Gasteiger partial charge in [-0.1, -0.05) is 43.5 Å². The first kappa shape index (κ1) is 11.6. The second-order valence-electron chi connectivity index (χ2n) is 5.66. The lowest BCUT2D eigenvalue weighted by molar-refractivity contribution is 0.403. The largest absolute Gasteiger partial charge is 0.122 e. The molecule has 2 fully saturated rings. The lowest BCUT2D eigenvalue weighted by Gasteiger charge is -2.33. The van der Waals surface area contributed by atoms with Crippen LogP contribution in [0, 0.1) is 0 Å². The molecule has 0 aromatic heterocycles. The van der Waals surface area contributed by atoms with Crippen LogP contribution in [0.1, 0.15) is 67.9 Å². The van der Waals surface area contributed by atoms with E-state index < -0.39 is 0 Å². The second-order valence-corrected chi connectivity index (χ2v) is 6.22. The quantitative estimate of drug-likeness (QED) is 0.630. The first-order valence-corrected chi connectivity index (χ1v) is 7.53. The SMILES string of the molecule is ClC1CCCCC1c1ccccc1C1CCC1. The zero-order valence-corrected chi connectivity index (χ0v) is 11.1. The fourth-order valence-corrected chi connectivity index (χ4v) is 3.79. The summed E-state index contributed by atoms with van der Waals surface area (Å²) in [4.78, 5) is 0. The molecule has 2 saturated carbocycles. The van der Waals surface area contributed by atoms with Crippen molar-refractivity contribution in [3.8, 4) is 0 Å². The predicted octanol–water partition coefficient (Wildman–Crippen LogP) is 5.22. The van der Waals surface area contributed by atoms with Crippen LogP contribution in [0.5, 0.6) is 0 Å². The van der Waals surface area contributed by atoms with Crippen molar-refractivity contribution >= 4 is 11.6 Å². The first-order chi connectivity index (χ1) is 8.36. The Labute approximate surface area is 109 Å². The van der Waals surface area contributed by atoms with Gasteiger partial charge in [-0.3, -0.25) is 0 Å². The third-order valence-electron chi connectivity index (χ3n) is 4.62. The van der Waals surface area contributed by atoms with Gasteiger partial charge in [0.1, 0.15) is 0 Å². The molecule has 2 unspecified atom stereocenters. The Morgan fingerprint density at radius 1 is 0.824 bits per heavy atom. The van der Waals surface area contributed by atoms with Crippen molar-refractivity contribution in [1.29, 1.82) is 0 Å². The molecule has 2 aliphatic rings. The van der Waals surface area contributed by atoms with E-state index in [9.17, 15) is 0 Å². The Bertz CT molecular complexity index is 381. The number of benzene rings is 1. The standard InChI is InChI=1S/C16H21Cl/c17-16-11-4-3-10-15(16)14-9-2-1-8-13(14)12-6-5-7-12/h1-2,8-9,12,15-16H,3-7,10-11H2. The molecule has 0 spiro atoms. The molecule has 0 saturated heterocycles. The van der Waals surface area contributed by atoms with Gasteiger partial charge in [-0.05, 0) is 42.7 Å². The molecule has 1 aromatic carbocycles. The van der Waals surface area contributed by atoms with Crippen LogP contribution in [0.4, 0.5) is 0 Å². The molecular formula is C16H21Cl. The van der Waals surface area contributed by atoms with Gasteiger partial charge in [-0.25, -0.2) is 0 Å². The van der Waals surface area contributed by atoms with Crippen molar-refractivity contribution in [3.05, 3.63) is 35.4 Å². The number of halogens is 1. The number of rotatable bonds is 2. The summed E-state index contributed by atoms with van der Waals surface area (Å²) in [7, 11) is 0. The second kappa shape index (κ2) is 5.02. The highest BCUT2D eigenvalue weighted by atomic mass is 35.5. The van der Waals surface area contributed by atoms with E-state index in [1.165, 1.54) is 44.9 Å². The van der Waals surface area contributed by atoms with E-state index in [-0.39, 0.29) is 0 Å². The van der Waals surface area contributed by atoms with Crippen molar-refractivity contribution in [1.82, 2.24) is 0 Å². The monoisotopic (exact) mass is 248 g/mol. The molecule has 0 amide bonds. The minimum Gasteiger partial charge on any atom is -0.122 e. The molecule has 0 heterocycles. The highest BCUT2D eigenvalue weighted by molar-refractivity contribution is 6.21. The summed E-state index contributed by atoms with van der Waals surface area (Å²) in [5.41, 5.74) is 3.17. The fourth-order valence-electron chi connectivity index (χ4n) is 3.38. The van der Waals surface area contributed by atoms with E-state index in [4.69, 9.17) is 11.6 Å². The fraction of sp³-hybridized carbons (Fsp3) is 0.625. The number of hydrogen-bond acceptors (Lipinski definition) is 0. The molecule has 1 aromatic rings. The van der Waals surface area contributed by atoms with Crippen molar-refractivity contribution < 1.29 is 0 Å². The third kappa shape index (κ3) is 2.25. The van der Waals surface area contributed by atoms with Gasteiger partial charge in [0.25, 0.3) is 0 Å². The molecule has 17 heavy (non-hydrogen) atoms. The van der Waals surface area contributed by atoms with Crippen LogP contribution in [-0.2, 0) is 0 Å². The van der Waals surface area contributed by atoms with E-state index >= 15 is 0 Å². The molecule has 1 heteroatoms. The van der Waals surface area contributed by atoms with Gasteiger partial charge in [-0.15, -0.1) is 11.6 Å². The summed E-state index contributed by atoms with van der Waals surface area (Å²) in [6.07, 6.45) is 9.34. The molecule has 2 aliphatic carbocycles. The first-order valence-electron chi connectivity index (χ1n) is 7.09. The van der Waals surface area contributed by atoms with Crippen molar-refractivity contribution in [2.24, 2.45) is 0 Å². The topological polar surface area (TPSA) is 0 Å². The van der Waals surface area contributed by atoms with Gasteiger partial charge in [0.2, 0.25) is 0 Å². The molecular weight excluding hydrogens is 228 g/mol. The summed E-state index contributed by atoms with van der Waals surface area (Å²) >= 11 is 6.56. The average molecular weight is 249 g/mol. The molecule has 0 aliphatic heterocycles. The average Bonchev–Trinajstić information content (AvgIpc) is 2.29. The highest BCUT2D eigenvalue weighted by Crippen LogP contribution is 2.44. The van der Waals surface area contributed by atoms with Gasteiger partial charge in [-0.2, -0.15) is 0 Å². The Morgan fingerprint density at radius 2 is 1.53 bits per heavy atom. The maximum absolute atomic E-state index is 6.56. The molecule has 0 bridgehead atoms. The summed E-state index contributed by atoms with van der Waals surface area (Å²) in [6, 6.07) is 9.06. The Balaban J connectivity index is 1.89. The van der Waals surface area contributed by atoms with Crippen molar-refractivity contribution in [2.75, 3.05) is 0 Å². The predicted molar refractivity (Wildman–Crippen MR) is 73.9 cm³/mol. The van der Waals surface area contributed by atoms with Crippen LogP contribution in [0.25, 0.3) is 0 Å². The van der Waals surface area contributed by atoms with Gasteiger partial charge >= 0.3 is 0 Å². The zero-order chi connectivity index (χ0) is 11.7. The summed E-state index contributed by atoms with van der Waals surface area (Å²) in [5, 5.41) is 0.366. The summed E-state index contributed by atoms with van der Waals surface area (Å²) in [5.74, 6) is 1.44. The van der Waals surface area contributed by atoms with Crippen molar-refractivity contribution in [2.45, 2.75) is 62.2 Å². The van der Waals surface area contributed by atoms with E-state index in [0.717, 1.165) is 5.92 Å². The summed E-state index contributed by atoms with van der Waals surface area (Å²) < 4.78 is 0. The lowest BCUT2D eigenvalue weighted by Crippen LogP contribution is -2.21. The minimum atomic E-state index is 0.366. The maximum atomic E-state index is 6.56. The van der Waals surface area contributed by atoms with Crippen LogP contribution in [0.2, 0.25) is 0 Å². The van der Waals surface area contributed by atoms with Crippen LogP contribution < -0.4 is 0 Å². The molecule has 0 radical (unpaired) electrons. The van der Waals surface area contributed by atoms with E-state index in [1.54, 1.807) is 11.1 Å². The lowest BCUT2D eigenvalue weighted by atomic mass is 9.73. The molecule has 0 N–H and O–H groups in total. The highest BCUT2D eigenvalue weighted by Gasteiger charge is 2.29. The smallest absolute Gasteiger partial charge is 0.0404 e. The van der Waals surface area contributed by atoms with E-state index in [2.05, 4.69) is 24.3 Å². The normalized spacial score (nSPS) is 29.9. The van der Waals surface area contributed by atoms with E-state index in [0.29, 0.717) is 11.3 Å². The van der Waals surface area contributed by atoms with Crippen LogP contribution in [0.3, 0.4) is 0 Å². The number of hydrogen-bond donors (Lipinski definition) is 0. The number of alkyl halides is 1. The van der Waals surface area contributed by atoms with Gasteiger partial charge < -0.3 is 0 Å². The Hall–Kier alpha value is -0.490. The molecule has 3 rings (SSSR count). The molecule has 0 nitrogen and oxygen atoms in total. The van der Waals surface area contributed by atoms with Crippen LogP contribution >= 0.6 is 11.6 Å². The van der Waals surface area contributed by atoms with Crippen LogP contribution in [0.15, 0.2) is 24.3 Å². The Morgan fingerprint density at radius 3 is 2.18 bits per heavy atom. The summed E-state index contributed by atoms with van der Waals surface area (Å²) in [6.45, 7) is 0. The van der Waals surface area contributed by atoms with Gasteiger partial charge in [0.05, 0.1) is 0 Å². The van der Waals surface area contributed by atoms with Gasteiger partial charge in [0.15, 0.2) is 0 Å². The van der Waals surface area contributed by atoms with Gasteiger partial charge in [0, 0.05) is 11.3 Å². The van der Waals surface area contributed by atoms with Crippen LogP contribution in [-0.4, -0.2) is 5.38 Å². The minimum absolute atomic E-state index is 0.366. The molecule has 2 atom stereocenters. The maximum Gasteiger partial charge on any atom is 0.0404 e. The third-order valence-corrected chi connectivity index (χ3v) is 5.14. The Kier molecular flexibility index (Phi) is 3.42. The molecule has 92 valence electrons. The zero-order valence-electron chi connectivity index (χ0n) is 10.4. The van der Waals surface area contributed by atoms with E-state index in [1.807, 2.05) is 0 Å².